The van der Waals surface area contributed by atoms with E-state index in [-0.39, 0.29) is 12.3 Å². The van der Waals surface area contributed by atoms with Crippen LogP contribution in [-0.4, -0.2) is 18.1 Å². The van der Waals surface area contributed by atoms with Crippen LogP contribution in [-0.2, 0) is 11.3 Å². The number of ether oxygens (including phenoxy) is 2. The van der Waals surface area contributed by atoms with Crippen LogP contribution in [0.3, 0.4) is 0 Å². The van der Waals surface area contributed by atoms with E-state index >= 15 is 0 Å². The number of rotatable bonds is 5. The summed E-state index contributed by atoms with van der Waals surface area (Å²) in [7, 11) is 1.65. The Hall–Kier alpha value is -3.66. The van der Waals surface area contributed by atoms with Gasteiger partial charge >= 0.3 is 5.97 Å². The summed E-state index contributed by atoms with van der Waals surface area (Å²) in [5.41, 5.74) is 3.93. The molecule has 0 saturated carbocycles. The summed E-state index contributed by atoms with van der Waals surface area (Å²) >= 11 is 0. The zero-order valence-corrected chi connectivity index (χ0v) is 15.5. The van der Waals surface area contributed by atoms with Gasteiger partial charge in [0, 0.05) is 10.9 Å². The van der Waals surface area contributed by atoms with E-state index in [1.54, 1.807) is 13.2 Å². The molecule has 0 bridgehead atoms. The van der Waals surface area contributed by atoms with Crippen LogP contribution < -0.4 is 4.74 Å². The Kier molecular flexibility index (Phi) is 5.02. The maximum atomic E-state index is 12.4. The number of pyridine rings is 1. The minimum atomic E-state index is -0.442. The standard InChI is InChI=1S/C24H19NO3/c1-27-22-15-14-20-19(23(22)18-10-6-3-7-11-18)12-13-21(25-20)24(26)28-16-17-8-4-2-5-9-17/h2-15H,16H2,1H3. The molecule has 4 aromatic rings. The molecule has 0 aliphatic carbocycles. The van der Waals surface area contributed by atoms with E-state index in [2.05, 4.69) is 4.98 Å². The second-order valence-electron chi connectivity index (χ2n) is 6.33. The van der Waals surface area contributed by atoms with Gasteiger partial charge in [-0.05, 0) is 35.4 Å². The lowest BCUT2D eigenvalue weighted by Gasteiger charge is -2.13. The van der Waals surface area contributed by atoms with Gasteiger partial charge in [0.05, 0.1) is 12.6 Å². The third kappa shape index (κ3) is 3.58. The van der Waals surface area contributed by atoms with E-state index in [0.717, 1.165) is 27.8 Å². The van der Waals surface area contributed by atoms with E-state index < -0.39 is 5.97 Å². The van der Waals surface area contributed by atoms with Gasteiger partial charge in [0.25, 0.3) is 0 Å². The van der Waals surface area contributed by atoms with E-state index in [9.17, 15) is 4.79 Å². The van der Waals surface area contributed by atoms with Crippen LogP contribution in [0, 0.1) is 0 Å². The van der Waals surface area contributed by atoms with E-state index in [0.29, 0.717) is 5.52 Å². The van der Waals surface area contributed by atoms with Gasteiger partial charge in [0.1, 0.15) is 18.1 Å². The van der Waals surface area contributed by atoms with Gasteiger partial charge in [-0.15, -0.1) is 0 Å². The number of hydrogen-bond donors (Lipinski definition) is 0. The summed E-state index contributed by atoms with van der Waals surface area (Å²) in [6.45, 7) is 0.220. The molecule has 1 heterocycles. The predicted octanol–water partition coefficient (Wildman–Crippen LogP) is 5.27. The quantitative estimate of drug-likeness (QED) is 0.450. The number of carbonyl (C=O) groups excluding carboxylic acids is 1. The fraction of sp³-hybridized carbons (Fsp3) is 0.0833. The lowest BCUT2D eigenvalue weighted by molar-refractivity contribution is 0.0466. The zero-order chi connectivity index (χ0) is 19.3. The van der Waals surface area contributed by atoms with Crippen LogP contribution in [0.4, 0.5) is 0 Å². The molecule has 4 heteroatoms. The molecular weight excluding hydrogens is 350 g/mol. The van der Waals surface area contributed by atoms with Crippen molar-refractivity contribution in [2.45, 2.75) is 6.61 Å². The highest BCUT2D eigenvalue weighted by molar-refractivity contribution is 6.00. The van der Waals surface area contributed by atoms with E-state index in [1.807, 2.05) is 78.9 Å². The Morgan fingerprint density at radius 3 is 2.29 bits per heavy atom. The number of hydrogen-bond acceptors (Lipinski definition) is 4. The number of nitrogens with zero attached hydrogens (tertiary/aromatic N) is 1. The summed E-state index contributed by atoms with van der Waals surface area (Å²) in [5, 5.41) is 0.921. The number of methoxy groups -OCH3 is 1. The minimum absolute atomic E-state index is 0.220. The largest absolute Gasteiger partial charge is 0.496 e. The van der Waals surface area contributed by atoms with Crippen molar-refractivity contribution in [1.82, 2.24) is 4.98 Å². The normalized spacial score (nSPS) is 10.6. The number of esters is 1. The molecule has 0 aliphatic rings. The number of aromatic nitrogens is 1. The predicted molar refractivity (Wildman–Crippen MR) is 109 cm³/mol. The van der Waals surface area contributed by atoms with Gasteiger partial charge in [-0.25, -0.2) is 9.78 Å². The Labute approximate surface area is 163 Å². The van der Waals surface area contributed by atoms with Crippen molar-refractivity contribution in [2.24, 2.45) is 0 Å². The monoisotopic (exact) mass is 369 g/mol. The van der Waals surface area contributed by atoms with Gasteiger partial charge in [-0.2, -0.15) is 0 Å². The van der Waals surface area contributed by atoms with Crippen LogP contribution in [0.25, 0.3) is 22.0 Å². The molecule has 1 aromatic heterocycles. The summed E-state index contributed by atoms with van der Waals surface area (Å²) in [6, 6.07) is 26.9. The van der Waals surface area contributed by atoms with Crippen LogP contribution in [0.2, 0.25) is 0 Å². The Morgan fingerprint density at radius 1 is 0.857 bits per heavy atom. The van der Waals surface area contributed by atoms with Gasteiger partial charge < -0.3 is 9.47 Å². The zero-order valence-electron chi connectivity index (χ0n) is 15.5. The van der Waals surface area contributed by atoms with Crippen molar-refractivity contribution in [3.63, 3.8) is 0 Å². The van der Waals surface area contributed by atoms with Crippen molar-refractivity contribution in [1.29, 1.82) is 0 Å². The fourth-order valence-electron chi connectivity index (χ4n) is 3.17. The molecule has 0 unspecified atom stereocenters. The highest BCUT2D eigenvalue weighted by Gasteiger charge is 2.15. The Bertz CT molecular complexity index is 1110. The van der Waals surface area contributed by atoms with Gasteiger partial charge in [-0.1, -0.05) is 60.7 Å². The number of benzene rings is 3. The first kappa shape index (κ1) is 17.7. The molecular formula is C24H19NO3. The second kappa shape index (κ2) is 7.92. The van der Waals surface area contributed by atoms with E-state index in [1.165, 1.54) is 0 Å². The Morgan fingerprint density at radius 2 is 1.57 bits per heavy atom. The molecule has 0 N–H and O–H groups in total. The Balaban J connectivity index is 1.67. The molecule has 0 aliphatic heterocycles. The number of fused-ring (bicyclic) bond motifs is 1. The van der Waals surface area contributed by atoms with Gasteiger partial charge in [0.15, 0.2) is 0 Å². The maximum Gasteiger partial charge on any atom is 0.357 e. The first-order valence-electron chi connectivity index (χ1n) is 9.00. The second-order valence-corrected chi connectivity index (χ2v) is 6.33. The molecule has 0 saturated heterocycles. The van der Waals surface area contributed by atoms with Crippen LogP contribution >= 0.6 is 0 Å². The fourth-order valence-corrected chi connectivity index (χ4v) is 3.17. The van der Waals surface area contributed by atoms with Crippen LogP contribution in [0.5, 0.6) is 5.75 Å². The molecule has 138 valence electrons. The van der Waals surface area contributed by atoms with Crippen molar-refractivity contribution in [3.8, 4) is 16.9 Å². The topological polar surface area (TPSA) is 48.4 Å². The minimum Gasteiger partial charge on any atom is -0.496 e. The van der Waals surface area contributed by atoms with Crippen LogP contribution in [0.1, 0.15) is 16.1 Å². The molecule has 3 aromatic carbocycles. The van der Waals surface area contributed by atoms with Crippen molar-refractivity contribution >= 4 is 16.9 Å². The summed E-state index contributed by atoms with van der Waals surface area (Å²) in [6.07, 6.45) is 0. The highest BCUT2D eigenvalue weighted by atomic mass is 16.5. The third-order valence-corrected chi connectivity index (χ3v) is 4.54. The summed E-state index contributed by atoms with van der Waals surface area (Å²) in [4.78, 5) is 16.9. The average Bonchev–Trinajstić information content (AvgIpc) is 2.77. The molecule has 4 nitrogen and oxygen atoms in total. The average molecular weight is 369 g/mol. The number of carbonyl (C=O) groups is 1. The first-order valence-corrected chi connectivity index (χ1v) is 9.00. The van der Waals surface area contributed by atoms with Crippen LogP contribution in [0.15, 0.2) is 84.9 Å². The van der Waals surface area contributed by atoms with Crippen molar-refractivity contribution in [2.75, 3.05) is 7.11 Å². The van der Waals surface area contributed by atoms with Gasteiger partial charge in [0.2, 0.25) is 0 Å². The highest BCUT2D eigenvalue weighted by Crippen LogP contribution is 2.36. The molecule has 0 fully saturated rings. The molecule has 0 amide bonds. The van der Waals surface area contributed by atoms with E-state index in [4.69, 9.17) is 9.47 Å². The third-order valence-electron chi connectivity index (χ3n) is 4.54. The summed E-state index contributed by atoms with van der Waals surface area (Å²) < 4.78 is 11.0. The first-order chi connectivity index (χ1) is 13.8. The maximum absolute atomic E-state index is 12.4. The molecule has 0 atom stereocenters. The molecule has 28 heavy (non-hydrogen) atoms. The lowest BCUT2D eigenvalue weighted by atomic mass is 9.99. The molecule has 0 radical (unpaired) electrons. The molecule has 0 spiro atoms. The van der Waals surface area contributed by atoms with Gasteiger partial charge in [-0.3, -0.25) is 0 Å². The lowest BCUT2D eigenvalue weighted by Crippen LogP contribution is -2.07. The smallest absolute Gasteiger partial charge is 0.357 e. The van der Waals surface area contributed by atoms with Crippen molar-refractivity contribution in [3.05, 3.63) is 96.2 Å². The SMILES string of the molecule is COc1ccc2nc(C(=O)OCc3ccccc3)ccc2c1-c1ccccc1. The molecule has 4 rings (SSSR count). The van der Waals surface area contributed by atoms with Crippen molar-refractivity contribution < 1.29 is 14.3 Å². The summed E-state index contributed by atoms with van der Waals surface area (Å²) in [5.74, 6) is 0.322.